The molecular formula is C31H27. The van der Waals surface area contributed by atoms with E-state index in [-0.39, 0.29) is 0 Å². The first-order valence-electron chi connectivity index (χ1n) is 11.2. The molecule has 0 fully saturated rings. The van der Waals surface area contributed by atoms with Crippen LogP contribution >= 0.6 is 0 Å². The summed E-state index contributed by atoms with van der Waals surface area (Å²) in [6.45, 7) is 4.59. The molecule has 0 saturated carbocycles. The van der Waals surface area contributed by atoms with Crippen LogP contribution in [0.5, 0.6) is 0 Å². The molecule has 4 aromatic carbocycles. The van der Waals surface area contributed by atoms with Gasteiger partial charge in [-0.25, -0.2) is 0 Å². The second kappa shape index (κ2) is 8.40. The highest BCUT2D eigenvalue weighted by atomic mass is 14.3. The zero-order valence-electron chi connectivity index (χ0n) is 18.2. The van der Waals surface area contributed by atoms with Gasteiger partial charge in [-0.3, -0.25) is 0 Å². The maximum absolute atomic E-state index is 2.42. The van der Waals surface area contributed by atoms with Crippen LogP contribution in [0.1, 0.15) is 31.4 Å². The van der Waals surface area contributed by atoms with Crippen molar-refractivity contribution in [3.8, 4) is 33.4 Å². The molecule has 0 bridgehead atoms. The molecule has 1 aliphatic rings. The zero-order valence-corrected chi connectivity index (χ0v) is 18.2. The molecule has 0 aromatic heterocycles. The van der Waals surface area contributed by atoms with Gasteiger partial charge in [0.05, 0.1) is 0 Å². The highest BCUT2D eigenvalue weighted by Crippen LogP contribution is 2.45. The Labute approximate surface area is 185 Å². The van der Waals surface area contributed by atoms with Crippen molar-refractivity contribution in [2.75, 3.05) is 0 Å². The normalized spacial score (nSPS) is 13.5. The second-order valence-corrected chi connectivity index (χ2v) is 8.37. The van der Waals surface area contributed by atoms with E-state index in [0.29, 0.717) is 5.92 Å². The van der Waals surface area contributed by atoms with Gasteiger partial charge >= 0.3 is 0 Å². The summed E-state index contributed by atoms with van der Waals surface area (Å²) in [5.74, 6) is 0.560. The smallest absolute Gasteiger partial charge is 0.0167 e. The van der Waals surface area contributed by atoms with Gasteiger partial charge in [0.1, 0.15) is 0 Å². The number of rotatable bonds is 5. The molecule has 0 heteroatoms. The van der Waals surface area contributed by atoms with Crippen LogP contribution < -0.4 is 0 Å². The van der Waals surface area contributed by atoms with Gasteiger partial charge in [-0.1, -0.05) is 123 Å². The number of fused-ring (bicyclic) bond motifs is 1. The molecule has 1 aliphatic carbocycles. The lowest BCUT2D eigenvalue weighted by molar-refractivity contribution is 0.669. The van der Waals surface area contributed by atoms with Crippen molar-refractivity contribution in [1.29, 1.82) is 0 Å². The Kier molecular flexibility index (Phi) is 5.30. The Morgan fingerprint density at radius 2 is 1.19 bits per heavy atom. The maximum Gasteiger partial charge on any atom is 0.0167 e. The van der Waals surface area contributed by atoms with Gasteiger partial charge < -0.3 is 0 Å². The van der Waals surface area contributed by atoms with E-state index >= 15 is 0 Å². The van der Waals surface area contributed by atoms with Gasteiger partial charge in [0.25, 0.3) is 0 Å². The van der Waals surface area contributed by atoms with Crippen LogP contribution in [0.4, 0.5) is 0 Å². The molecule has 1 unspecified atom stereocenters. The number of hydrogen-bond acceptors (Lipinski definition) is 0. The Balaban J connectivity index is 1.80. The van der Waals surface area contributed by atoms with Crippen molar-refractivity contribution in [3.05, 3.63) is 120 Å². The summed E-state index contributed by atoms with van der Waals surface area (Å²) < 4.78 is 0. The van der Waals surface area contributed by atoms with E-state index in [1.165, 1.54) is 50.1 Å². The number of benzene rings is 4. The molecule has 1 radical (unpaired) electrons. The molecule has 0 nitrogen and oxygen atoms in total. The monoisotopic (exact) mass is 399 g/mol. The summed E-state index contributed by atoms with van der Waals surface area (Å²) in [5, 5.41) is 0. The van der Waals surface area contributed by atoms with Crippen molar-refractivity contribution in [2.24, 2.45) is 5.92 Å². The molecule has 0 amide bonds. The zero-order chi connectivity index (χ0) is 21.2. The van der Waals surface area contributed by atoms with Gasteiger partial charge in [-0.05, 0) is 56.8 Å². The first-order valence-corrected chi connectivity index (χ1v) is 11.2. The molecule has 0 saturated heterocycles. The third kappa shape index (κ3) is 3.64. The molecule has 4 aromatic rings. The quantitative estimate of drug-likeness (QED) is 0.315. The third-order valence-electron chi connectivity index (χ3n) is 6.46. The van der Waals surface area contributed by atoms with Crippen LogP contribution in [-0.2, 0) is 0 Å². The Morgan fingerprint density at radius 1 is 0.613 bits per heavy atom. The summed E-state index contributed by atoms with van der Waals surface area (Å²) in [6.07, 6.45) is 5.96. The molecule has 0 N–H and O–H groups in total. The highest BCUT2D eigenvalue weighted by Gasteiger charge is 2.24. The average Bonchev–Trinajstić information content (AvgIpc) is 3.28. The van der Waals surface area contributed by atoms with Crippen LogP contribution in [0.2, 0.25) is 0 Å². The van der Waals surface area contributed by atoms with Crippen LogP contribution in [0, 0.1) is 12.3 Å². The molecular weight excluding hydrogens is 372 g/mol. The minimum Gasteiger partial charge on any atom is -0.0648 e. The molecule has 0 spiro atoms. The van der Waals surface area contributed by atoms with Gasteiger partial charge in [0, 0.05) is 6.42 Å². The van der Waals surface area contributed by atoms with Crippen LogP contribution in [0.25, 0.3) is 39.5 Å². The third-order valence-corrected chi connectivity index (χ3v) is 6.46. The van der Waals surface area contributed by atoms with E-state index in [0.717, 1.165) is 6.42 Å². The molecule has 0 aliphatic heterocycles. The van der Waals surface area contributed by atoms with Crippen molar-refractivity contribution >= 4 is 6.08 Å². The van der Waals surface area contributed by atoms with E-state index in [4.69, 9.17) is 0 Å². The minimum atomic E-state index is 0.560. The second-order valence-electron chi connectivity index (χ2n) is 8.37. The van der Waals surface area contributed by atoms with Crippen molar-refractivity contribution in [1.82, 2.24) is 0 Å². The van der Waals surface area contributed by atoms with E-state index in [1.807, 2.05) is 0 Å². The largest absolute Gasteiger partial charge is 0.0648 e. The fourth-order valence-corrected chi connectivity index (χ4v) is 4.54. The van der Waals surface area contributed by atoms with Gasteiger partial charge in [-0.15, -0.1) is 0 Å². The predicted molar refractivity (Wildman–Crippen MR) is 134 cm³/mol. The Morgan fingerprint density at radius 3 is 1.84 bits per heavy atom. The van der Waals surface area contributed by atoms with Crippen molar-refractivity contribution < 1.29 is 0 Å². The molecule has 0 heterocycles. The summed E-state index contributed by atoms with van der Waals surface area (Å²) >= 11 is 0. The van der Waals surface area contributed by atoms with E-state index in [2.05, 4.69) is 123 Å². The molecule has 151 valence electrons. The van der Waals surface area contributed by atoms with Crippen LogP contribution in [-0.4, -0.2) is 0 Å². The van der Waals surface area contributed by atoms with E-state index < -0.39 is 0 Å². The summed E-state index contributed by atoms with van der Waals surface area (Å²) in [7, 11) is 0. The fraction of sp³-hybridized carbons (Fsp3) is 0.129. The standard InChI is InChI=1S/C31H27/c1-3-22(2)26-20-25-18-19-28(24-14-8-5-9-15-24)31(30(25)21-26)29-17-11-10-16-27(29)23-12-6-4-7-13-23/h4-22H,3H2,1-2H3. The lowest BCUT2D eigenvalue weighted by Crippen LogP contribution is -1.95. The molecule has 31 heavy (non-hydrogen) atoms. The number of allylic oxidation sites excluding steroid dienone is 1. The van der Waals surface area contributed by atoms with Gasteiger partial charge in [-0.2, -0.15) is 0 Å². The lowest BCUT2D eigenvalue weighted by atomic mass is 9.85. The predicted octanol–water partition coefficient (Wildman–Crippen LogP) is 8.68. The Bertz CT molecular complexity index is 1230. The SMILES string of the molecule is CCC(C)C1=Cc2c(ccc(-c3ccccc3)c2-c2ccccc2-c2ccccc2)[CH]1. The molecule has 1 atom stereocenters. The molecule has 5 rings (SSSR count). The summed E-state index contributed by atoms with van der Waals surface area (Å²) in [5.41, 5.74) is 11.8. The van der Waals surface area contributed by atoms with Gasteiger partial charge in [0.15, 0.2) is 0 Å². The summed E-state index contributed by atoms with van der Waals surface area (Å²) in [4.78, 5) is 0. The van der Waals surface area contributed by atoms with Gasteiger partial charge in [0.2, 0.25) is 0 Å². The first kappa shape index (κ1) is 19.6. The fourth-order valence-electron chi connectivity index (χ4n) is 4.54. The van der Waals surface area contributed by atoms with Crippen molar-refractivity contribution in [3.63, 3.8) is 0 Å². The topological polar surface area (TPSA) is 0 Å². The highest BCUT2D eigenvalue weighted by molar-refractivity contribution is 5.98. The summed E-state index contributed by atoms with van der Waals surface area (Å²) in [6, 6.07) is 34.9. The van der Waals surface area contributed by atoms with Crippen LogP contribution in [0.15, 0.2) is 103 Å². The number of hydrogen-bond donors (Lipinski definition) is 0. The lowest BCUT2D eigenvalue weighted by Gasteiger charge is -2.18. The van der Waals surface area contributed by atoms with E-state index in [1.54, 1.807) is 0 Å². The maximum atomic E-state index is 2.42. The van der Waals surface area contributed by atoms with Crippen LogP contribution in [0.3, 0.4) is 0 Å². The van der Waals surface area contributed by atoms with E-state index in [9.17, 15) is 0 Å². The Hall–Kier alpha value is -3.38. The van der Waals surface area contributed by atoms with Crippen molar-refractivity contribution in [2.45, 2.75) is 20.3 Å². The minimum absolute atomic E-state index is 0.560. The first-order chi connectivity index (χ1) is 15.3. The average molecular weight is 400 g/mol.